The Morgan fingerprint density at radius 3 is 2.76 bits per heavy atom. The van der Waals surface area contributed by atoms with E-state index in [4.69, 9.17) is 10.2 Å². The Kier molecular flexibility index (Phi) is 5.22. The molecule has 3 N–H and O–H groups in total. The number of carbonyl (C=O) groups is 1. The first-order valence-electron chi connectivity index (χ1n) is 6.13. The van der Waals surface area contributed by atoms with Crippen LogP contribution in [0.1, 0.15) is 33.0 Å². The van der Waals surface area contributed by atoms with E-state index in [1.165, 1.54) is 0 Å². The van der Waals surface area contributed by atoms with Crippen LogP contribution in [0.15, 0.2) is 22.8 Å². The van der Waals surface area contributed by atoms with Gasteiger partial charge in [0, 0.05) is 12.5 Å². The van der Waals surface area contributed by atoms with Gasteiger partial charge in [0.05, 0.1) is 12.3 Å². The van der Waals surface area contributed by atoms with E-state index < -0.39 is 6.04 Å². The molecule has 0 radical (unpaired) electrons. The molecule has 2 unspecified atom stereocenters. The van der Waals surface area contributed by atoms with E-state index in [0.717, 1.165) is 12.2 Å². The van der Waals surface area contributed by atoms with Gasteiger partial charge >= 0.3 is 0 Å². The molecule has 1 aromatic heterocycles. The van der Waals surface area contributed by atoms with Crippen LogP contribution in [0.3, 0.4) is 0 Å². The second-order valence-electron chi connectivity index (χ2n) is 4.60. The van der Waals surface area contributed by atoms with E-state index in [9.17, 15) is 4.79 Å². The van der Waals surface area contributed by atoms with Crippen molar-refractivity contribution in [3.63, 3.8) is 0 Å². The molecule has 1 rings (SSSR count). The summed E-state index contributed by atoms with van der Waals surface area (Å²) in [5, 5.41) is 2.91. The molecular weight excluding hydrogens is 216 g/mol. The van der Waals surface area contributed by atoms with Crippen molar-refractivity contribution in [2.45, 2.75) is 45.7 Å². The predicted molar refractivity (Wildman–Crippen MR) is 67.4 cm³/mol. The molecule has 0 aliphatic carbocycles. The van der Waals surface area contributed by atoms with Gasteiger partial charge in [0.2, 0.25) is 5.91 Å². The van der Waals surface area contributed by atoms with Crippen molar-refractivity contribution in [1.82, 2.24) is 5.32 Å². The van der Waals surface area contributed by atoms with Crippen LogP contribution in [0, 0.1) is 5.92 Å². The first-order valence-corrected chi connectivity index (χ1v) is 6.13. The zero-order valence-corrected chi connectivity index (χ0v) is 10.8. The minimum Gasteiger partial charge on any atom is -0.469 e. The topological polar surface area (TPSA) is 68.3 Å². The number of hydrogen-bond acceptors (Lipinski definition) is 3. The van der Waals surface area contributed by atoms with Gasteiger partial charge in [-0.25, -0.2) is 0 Å². The molecule has 0 aromatic carbocycles. The summed E-state index contributed by atoms with van der Waals surface area (Å²) in [6.45, 7) is 5.97. The molecule has 0 saturated carbocycles. The van der Waals surface area contributed by atoms with Crippen LogP contribution in [0.4, 0.5) is 0 Å². The summed E-state index contributed by atoms with van der Waals surface area (Å²) in [5.74, 6) is 0.985. The van der Waals surface area contributed by atoms with E-state index in [0.29, 0.717) is 6.42 Å². The first-order chi connectivity index (χ1) is 8.04. The number of rotatable bonds is 6. The summed E-state index contributed by atoms with van der Waals surface area (Å²) >= 11 is 0. The van der Waals surface area contributed by atoms with Gasteiger partial charge in [0.25, 0.3) is 0 Å². The maximum Gasteiger partial charge on any atom is 0.237 e. The van der Waals surface area contributed by atoms with E-state index in [2.05, 4.69) is 5.32 Å². The van der Waals surface area contributed by atoms with Crippen LogP contribution in [-0.2, 0) is 11.2 Å². The minimum atomic E-state index is -0.431. The van der Waals surface area contributed by atoms with Crippen LogP contribution in [0.5, 0.6) is 0 Å². The third-order valence-electron chi connectivity index (χ3n) is 3.04. The van der Waals surface area contributed by atoms with Gasteiger partial charge in [-0.05, 0) is 25.0 Å². The quantitative estimate of drug-likeness (QED) is 0.792. The van der Waals surface area contributed by atoms with Gasteiger partial charge < -0.3 is 15.5 Å². The highest BCUT2D eigenvalue weighted by Crippen LogP contribution is 2.07. The normalized spacial score (nSPS) is 16.2. The lowest BCUT2D eigenvalue weighted by atomic mass is 9.99. The molecule has 17 heavy (non-hydrogen) atoms. The third kappa shape index (κ3) is 4.23. The number of carbonyl (C=O) groups excluding carboxylic acids is 1. The SMILES string of the molecule is CCC(C)[C@H](N)C(=O)NC(C)Cc1ccco1. The number of furan rings is 1. The maximum absolute atomic E-state index is 11.8. The van der Waals surface area contributed by atoms with Crippen LogP contribution in [-0.4, -0.2) is 18.0 Å². The van der Waals surface area contributed by atoms with Crippen molar-refractivity contribution in [1.29, 1.82) is 0 Å². The van der Waals surface area contributed by atoms with Crippen molar-refractivity contribution in [3.05, 3.63) is 24.2 Å². The van der Waals surface area contributed by atoms with Gasteiger partial charge in [0.1, 0.15) is 5.76 Å². The van der Waals surface area contributed by atoms with E-state index in [1.807, 2.05) is 32.9 Å². The van der Waals surface area contributed by atoms with E-state index in [1.54, 1.807) is 6.26 Å². The Hall–Kier alpha value is -1.29. The highest BCUT2D eigenvalue weighted by atomic mass is 16.3. The molecule has 0 aliphatic heterocycles. The number of amides is 1. The predicted octanol–water partition coefficient (Wildman–Crippen LogP) is 1.70. The zero-order chi connectivity index (χ0) is 12.8. The molecule has 1 aromatic rings. The van der Waals surface area contributed by atoms with Crippen molar-refractivity contribution in [2.24, 2.45) is 11.7 Å². The van der Waals surface area contributed by atoms with Crippen molar-refractivity contribution in [3.8, 4) is 0 Å². The van der Waals surface area contributed by atoms with Crippen molar-refractivity contribution >= 4 is 5.91 Å². The standard InChI is InChI=1S/C13H22N2O2/c1-4-9(2)12(14)13(16)15-10(3)8-11-6-5-7-17-11/h5-7,9-10,12H,4,8,14H2,1-3H3,(H,15,16)/t9?,10?,12-/m0/s1. The Bertz CT molecular complexity index is 335. The molecule has 0 bridgehead atoms. The molecule has 3 atom stereocenters. The molecule has 0 aliphatic rings. The smallest absolute Gasteiger partial charge is 0.237 e. The summed E-state index contributed by atoms with van der Waals surface area (Å²) < 4.78 is 5.23. The van der Waals surface area contributed by atoms with Gasteiger partial charge in [-0.1, -0.05) is 20.3 Å². The Morgan fingerprint density at radius 2 is 2.24 bits per heavy atom. The summed E-state index contributed by atoms with van der Waals surface area (Å²) in [6, 6.07) is 3.34. The van der Waals surface area contributed by atoms with E-state index >= 15 is 0 Å². The fourth-order valence-electron chi connectivity index (χ4n) is 1.63. The monoisotopic (exact) mass is 238 g/mol. The van der Waals surface area contributed by atoms with Crippen LogP contribution < -0.4 is 11.1 Å². The lowest BCUT2D eigenvalue weighted by Gasteiger charge is -2.20. The lowest BCUT2D eigenvalue weighted by Crippen LogP contribution is -2.48. The average Bonchev–Trinajstić information content (AvgIpc) is 2.79. The fraction of sp³-hybridized carbons (Fsp3) is 0.615. The largest absolute Gasteiger partial charge is 0.469 e. The van der Waals surface area contributed by atoms with Crippen molar-refractivity contribution < 1.29 is 9.21 Å². The summed E-state index contributed by atoms with van der Waals surface area (Å²) in [4.78, 5) is 11.8. The number of nitrogens with one attached hydrogen (secondary N) is 1. The Labute approximate surface area is 103 Å². The molecule has 0 fully saturated rings. The third-order valence-corrected chi connectivity index (χ3v) is 3.04. The highest BCUT2D eigenvalue weighted by Gasteiger charge is 2.20. The second-order valence-corrected chi connectivity index (χ2v) is 4.60. The Balaban J connectivity index is 2.40. The molecule has 0 saturated heterocycles. The van der Waals surface area contributed by atoms with Gasteiger partial charge in [-0.3, -0.25) is 4.79 Å². The fourth-order valence-corrected chi connectivity index (χ4v) is 1.63. The zero-order valence-electron chi connectivity index (χ0n) is 10.8. The number of hydrogen-bond donors (Lipinski definition) is 2. The molecule has 96 valence electrons. The minimum absolute atomic E-state index is 0.0313. The molecular formula is C13H22N2O2. The molecule has 4 heteroatoms. The average molecular weight is 238 g/mol. The van der Waals surface area contributed by atoms with Crippen LogP contribution >= 0.6 is 0 Å². The summed E-state index contributed by atoms with van der Waals surface area (Å²) in [5.41, 5.74) is 5.86. The van der Waals surface area contributed by atoms with Gasteiger partial charge in [0.15, 0.2) is 0 Å². The van der Waals surface area contributed by atoms with Crippen LogP contribution in [0.2, 0.25) is 0 Å². The molecule has 0 spiro atoms. The lowest BCUT2D eigenvalue weighted by molar-refractivity contribution is -0.124. The first kappa shape index (κ1) is 13.8. The Morgan fingerprint density at radius 1 is 1.53 bits per heavy atom. The molecule has 1 amide bonds. The van der Waals surface area contributed by atoms with Gasteiger partial charge in [-0.15, -0.1) is 0 Å². The van der Waals surface area contributed by atoms with E-state index in [-0.39, 0.29) is 17.9 Å². The highest BCUT2D eigenvalue weighted by molar-refractivity contribution is 5.82. The maximum atomic E-state index is 11.8. The summed E-state index contributed by atoms with van der Waals surface area (Å²) in [6.07, 6.45) is 3.22. The number of nitrogens with two attached hydrogens (primary N) is 1. The van der Waals surface area contributed by atoms with Crippen molar-refractivity contribution in [2.75, 3.05) is 0 Å². The molecule has 4 nitrogen and oxygen atoms in total. The second kappa shape index (κ2) is 6.45. The van der Waals surface area contributed by atoms with Crippen LogP contribution in [0.25, 0.3) is 0 Å². The molecule has 1 heterocycles. The van der Waals surface area contributed by atoms with Gasteiger partial charge in [-0.2, -0.15) is 0 Å². The summed E-state index contributed by atoms with van der Waals surface area (Å²) in [7, 11) is 0.